The second-order valence-corrected chi connectivity index (χ2v) is 15.8. The second kappa shape index (κ2) is 8.53. The molecule has 1 nitrogen and oxygen atoms in total. The van der Waals surface area contributed by atoms with Crippen LogP contribution in [0.4, 0.5) is 0 Å². The Bertz CT molecular complexity index is 818. The smallest absolute Gasteiger partial charge is 0.201 e. The van der Waals surface area contributed by atoms with Gasteiger partial charge in [0.25, 0.3) is 0 Å². The number of pyridine rings is 1. The van der Waals surface area contributed by atoms with Gasteiger partial charge in [-0.2, -0.15) is 0 Å². The monoisotopic (exact) mass is 396 g/mol. The molecule has 1 heterocycles. The molecule has 0 aliphatic carbocycles. The van der Waals surface area contributed by atoms with Crippen LogP contribution in [0.15, 0.2) is 30.5 Å². The molecule has 0 fully saturated rings. The van der Waals surface area contributed by atoms with E-state index in [2.05, 4.69) is 103 Å². The summed E-state index contributed by atoms with van der Waals surface area (Å²) < 4.78 is 2.36. The minimum absolute atomic E-state index is 0.300. The van der Waals surface area contributed by atoms with Gasteiger partial charge < -0.3 is 0 Å². The summed E-state index contributed by atoms with van der Waals surface area (Å²) >= 11 is 0. The minimum atomic E-state index is -1.44. The average Bonchev–Trinajstić information content (AvgIpc) is 2.55. The maximum Gasteiger partial charge on any atom is 0.212 e. The number of benzene rings is 1. The van der Waals surface area contributed by atoms with Crippen LogP contribution in [0.25, 0.3) is 11.3 Å². The molecule has 0 atom stereocenters. The summed E-state index contributed by atoms with van der Waals surface area (Å²) in [4.78, 5) is 0. The van der Waals surface area contributed by atoms with E-state index in [0.717, 1.165) is 6.42 Å². The van der Waals surface area contributed by atoms with Crippen LogP contribution in [0.5, 0.6) is 0 Å². The summed E-state index contributed by atoms with van der Waals surface area (Å²) in [7, 11) is 0.776. The zero-order valence-corrected chi connectivity index (χ0v) is 21.0. The standard InChI is InChI=1S/C26H42NSi/c1-11-20(12-2)21-14-13-19(3)23(15-21)24-16-25(28(8,9)10)22(18-27(24)7)17-26(4,5)6/h13-16,18,20H,11-12,17H2,1-10H3/q+1. The van der Waals surface area contributed by atoms with Gasteiger partial charge >= 0.3 is 0 Å². The van der Waals surface area contributed by atoms with Gasteiger partial charge in [-0.3, -0.25) is 0 Å². The Morgan fingerprint density at radius 3 is 2.11 bits per heavy atom. The third-order valence-electron chi connectivity index (χ3n) is 5.88. The van der Waals surface area contributed by atoms with Crippen molar-refractivity contribution in [2.24, 2.45) is 12.5 Å². The highest BCUT2D eigenvalue weighted by Gasteiger charge is 2.28. The van der Waals surface area contributed by atoms with Crippen molar-refractivity contribution in [3.05, 3.63) is 47.2 Å². The van der Waals surface area contributed by atoms with Crippen LogP contribution in [0.1, 0.15) is 70.1 Å². The zero-order valence-electron chi connectivity index (χ0n) is 20.0. The summed E-state index contributed by atoms with van der Waals surface area (Å²) in [5, 5.41) is 1.61. The molecule has 0 aliphatic rings. The molecule has 0 saturated heterocycles. The molecule has 0 radical (unpaired) electrons. The van der Waals surface area contributed by atoms with Gasteiger partial charge in [-0.25, -0.2) is 4.57 Å². The maximum absolute atomic E-state index is 2.52. The number of hydrogen-bond donors (Lipinski definition) is 0. The van der Waals surface area contributed by atoms with E-state index in [1.807, 2.05) is 0 Å². The van der Waals surface area contributed by atoms with E-state index >= 15 is 0 Å². The van der Waals surface area contributed by atoms with Crippen LogP contribution in [0.3, 0.4) is 0 Å². The molecule has 0 amide bonds. The molecule has 1 aromatic carbocycles. The second-order valence-electron chi connectivity index (χ2n) is 10.8. The van der Waals surface area contributed by atoms with Gasteiger partial charge in [-0.1, -0.05) is 66.4 Å². The fraction of sp³-hybridized carbons (Fsp3) is 0.577. The molecule has 0 unspecified atom stereocenters. The number of aryl methyl sites for hydroxylation is 2. The fourth-order valence-electron chi connectivity index (χ4n) is 4.31. The first-order valence-corrected chi connectivity index (χ1v) is 14.5. The predicted octanol–water partition coefficient (Wildman–Crippen LogP) is 6.52. The number of rotatable bonds is 6. The van der Waals surface area contributed by atoms with E-state index in [9.17, 15) is 0 Å². The van der Waals surface area contributed by atoms with E-state index in [4.69, 9.17) is 0 Å². The number of aromatic nitrogens is 1. The lowest BCUT2D eigenvalue weighted by molar-refractivity contribution is -0.660. The first-order valence-electron chi connectivity index (χ1n) is 11.0. The van der Waals surface area contributed by atoms with Crippen molar-refractivity contribution in [1.82, 2.24) is 0 Å². The van der Waals surface area contributed by atoms with Crippen molar-refractivity contribution in [3.63, 3.8) is 0 Å². The number of nitrogens with zero attached hydrogens (tertiary/aromatic N) is 1. The highest BCUT2D eigenvalue weighted by Crippen LogP contribution is 2.30. The Kier molecular flexibility index (Phi) is 6.97. The fourth-order valence-corrected chi connectivity index (χ4v) is 6.00. The number of hydrogen-bond acceptors (Lipinski definition) is 0. The first kappa shape index (κ1) is 22.9. The molecular weight excluding hydrogens is 354 g/mol. The first-order chi connectivity index (χ1) is 12.9. The summed E-state index contributed by atoms with van der Waals surface area (Å²) in [5.41, 5.74) is 7.45. The Morgan fingerprint density at radius 2 is 1.61 bits per heavy atom. The molecule has 0 spiro atoms. The molecule has 1 aromatic heterocycles. The molecule has 28 heavy (non-hydrogen) atoms. The average molecular weight is 397 g/mol. The van der Waals surface area contributed by atoms with E-state index in [1.165, 1.54) is 40.8 Å². The van der Waals surface area contributed by atoms with Crippen molar-refractivity contribution in [2.45, 2.75) is 86.4 Å². The normalized spacial score (nSPS) is 12.7. The lowest BCUT2D eigenvalue weighted by Gasteiger charge is -2.25. The summed E-state index contributed by atoms with van der Waals surface area (Å²) in [6.45, 7) is 21.3. The molecule has 0 N–H and O–H groups in total. The highest BCUT2D eigenvalue weighted by atomic mass is 28.3. The van der Waals surface area contributed by atoms with Crippen LogP contribution in [-0.2, 0) is 13.5 Å². The lowest BCUT2D eigenvalue weighted by atomic mass is 9.88. The molecule has 2 aromatic rings. The van der Waals surface area contributed by atoms with Crippen LogP contribution in [0, 0.1) is 12.3 Å². The van der Waals surface area contributed by atoms with Crippen molar-refractivity contribution in [2.75, 3.05) is 0 Å². The van der Waals surface area contributed by atoms with E-state index in [1.54, 1.807) is 5.19 Å². The molecule has 0 saturated carbocycles. The maximum atomic E-state index is 2.52. The third kappa shape index (κ3) is 5.35. The van der Waals surface area contributed by atoms with E-state index < -0.39 is 8.07 Å². The third-order valence-corrected chi connectivity index (χ3v) is 7.96. The van der Waals surface area contributed by atoms with Gasteiger partial charge in [0, 0.05) is 17.2 Å². The zero-order chi connectivity index (χ0) is 21.3. The summed E-state index contributed by atoms with van der Waals surface area (Å²) in [6, 6.07) is 9.64. The SMILES string of the molecule is CCC(CC)c1ccc(C)c(-c2cc([Si](C)(C)C)c(CC(C)(C)C)c[n+]2C)c1. The Hall–Kier alpha value is -1.41. The van der Waals surface area contributed by atoms with E-state index in [-0.39, 0.29) is 0 Å². The quantitative estimate of drug-likeness (QED) is 0.386. The van der Waals surface area contributed by atoms with Crippen LogP contribution >= 0.6 is 0 Å². The summed E-state index contributed by atoms with van der Waals surface area (Å²) in [6.07, 6.45) is 5.95. The Labute approximate surface area is 175 Å². The summed E-state index contributed by atoms with van der Waals surface area (Å²) in [5.74, 6) is 0.654. The molecular formula is C26H42NSi+. The predicted molar refractivity (Wildman–Crippen MR) is 127 cm³/mol. The van der Waals surface area contributed by atoms with Gasteiger partial charge in [0.15, 0.2) is 6.20 Å². The lowest BCUT2D eigenvalue weighted by Crippen LogP contribution is -2.45. The van der Waals surface area contributed by atoms with Crippen LogP contribution in [-0.4, -0.2) is 8.07 Å². The highest BCUT2D eigenvalue weighted by molar-refractivity contribution is 6.89. The van der Waals surface area contributed by atoms with Gasteiger partial charge in [0.2, 0.25) is 5.69 Å². The van der Waals surface area contributed by atoms with Crippen molar-refractivity contribution < 1.29 is 4.57 Å². The topological polar surface area (TPSA) is 3.88 Å². The molecule has 2 heteroatoms. The van der Waals surface area contributed by atoms with Gasteiger partial charge in [-0.15, -0.1) is 0 Å². The molecule has 0 aliphatic heterocycles. The Morgan fingerprint density at radius 1 is 1.00 bits per heavy atom. The van der Waals surface area contributed by atoms with E-state index in [0.29, 0.717) is 11.3 Å². The van der Waals surface area contributed by atoms with Crippen molar-refractivity contribution in [3.8, 4) is 11.3 Å². The van der Waals surface area contributed by atoms with Crippen molar-refractivity contribution in [1.29, 1.82) is 0 Å². The molecule has 2 rings (SSSR count). The molecule has 0 bridgehead atoms. The van der Waals surface area contributed by atoms with Gasteiger partial charge in [0.1, 0.15) is 7.05 Å². The van der Waals surface area contributed by atoms with Crippen LogP contribution < -0.4 is 9.75 Å². The minimum Gasteiger partial charge on any atom is -0.201 e. The van der Waals surface area contributed by atoms with Crippen molar-refractivity contribution >= 4 is 13.3 Å². The van der Waals surface area contributed by atoms with Gasteiger partial charge in [0.05, 0.1) is 8.07 Å². The molecule has 154 valence electrons. The largest absolute Gasteiger partial charge is 0.212 e. The Balaban J connectivity index is 2.68. The van der Waals surface area contributed by atoms with Crippen LogP contribution in [0.2, 0.25) is 19.6 Å². The van der Waals surface area contributed by atoms with Gasteiger partial charge in [-0.05, 0) is 59.9 Å².